The summed E-state index contributed by atoms with van der Waals surface area (Å²) in [6, 6.07) is 25.3. The number of benzene rings is 3. The minimum Gasteiger partial charge on any atom is -0.542 e. The Morgan fingerprint density at radius 2 is 1.11 bits per heavy atom. The highest BCUT2D eigenvalue weighted by Gasteiger charge is 2.37. The molecule has 3 aromatic carbocycles. The Morgan fingerprint density at radius 3 is 1.45 bits per heavy atom. The number of halogens is 3. The van der Waals surface area contributed by atoms with Crippen LogP contribution in [0.3, 0.4) is 0 Å². The first-order chi connectivity index (χ1) is 18.2. The second-order valence-electron chi connectivity index (χ2n) is 8.01. The molecule has 0 atom stereocenters. The molecule has 9 heteroatoms. The van der Waals surface area contributed by atoms with Gasteiger partial charge in [-0.1, -0.05) is 57.2 Å². The first-order valence-corrected chi connectivity index (χ1v) is 13.6. The third-order valence-corrected chi connectivity index (χ3v) is 7.08. The summed E-state index contributed by atoms with van der Waals surface area (Å²) >= 11 is 0. The summed E-state index contributed by atoms with van der Waals surface area (Å²) in [5.41, 5.74) is 0. The normalized spacial score (nSPS) is 10.9. The SMILES string of the molecule is CCCOc1cc(OCCC)c([S+](c2ccccc2)c2ccccc2)c(OCCC)c1.O=C([O-])C(F)(F)F. The van der Waals surface area contributed by atoms with Crippen LogP contribution in [0.5, 0.6) is 17.2 Å². The van der Waals surface area contributed by atoms with Gasteiger partial charge in [0.15, 0.2) is 21.3 Å². The molecule has 0 saturated heterocycles. The first kappa shape index (κ1) is 30.9. The van der Waals surface area contributed by atoms with Gasteiger partial charge in [0, 0.05) is 12.1 Å². The molecule has 0 aliphatic rings. The molecule has 0 spiro atoms. The van der Waals surface area contributed by atoms with Crippen LogP contribution in [0.1, 0.15) is 40.0 Å². The Hall–Kier alpha value is -3.33. The van der Waals surface area contributed by atoms with Gasteiger partial charge in [0.2, 0.25) is 4.90 Å². The molecule has 0 aromatic heterocycles. The maximum atomic E-state index is 10.5. The lowest BCUT2D eigenvalue weighted by Gasteiger charge is -2.18. The highest BCUT2D eigenvalue weighted by Crippen LogP contribution is 2.45. The molecular weight excluding hydrogens is 517 g/mol. The van der Waals surface area contributed by atoms with Gasteiger partial charge >= 0.3 is 6.18 Å². The van der Waals surface area contributed by atoms with Crippen LogP contribution in [0.15, 0.2) is 87.5 Å². The fourth-order valence-corrected chi connectivity index (χ4v) is 5.42. The summed E-state index contributed by atoms with van der Waals surface area (Å²) in [5, 5.41) is 8.78. The largest absolute Gasteiger partial charge is 0.542 e. The molecule has 3 rings (SSSR count). The van der Waals surface area contributed by atoms with Crippen molar-refractivity contribution >= 4 is 16.9 Å². The molecule has 0 amide bonds. The van der Waals surface area contributed by atoms with Crippen LogP contribution in [0, 0.1) is 0 Å². The molecule has 0 aliphatic carbocycles. The monoisotopic (exact) mass is 550 g/mol. The van der Waals surface area contributed by atoms with Gasteiger partial charge in [-0.25, -0.2) is 0 Å². The van der Waals surface area contributed by atoms with E-state index in [1.165, 1.54) is 9.79 Å². The second kappa shape index (κ2) is 15.8. The summed E-state index contributed by atoms with van der Waals surface area (Å²) in [6.45, 7) is 8.33. The Balaban J connectivity index is 0.000000638. The van der Waals surface area contributed by atoms with E-state index in [-0.39, 0.29) is 10.9 Å². The molecule has 0 aliphatic heterocycles. The minimum absolute atomic E-state index is 0.364. The van der Waals surface area contributed by atoms with Crippen molar-refractivity contribution in [3.63, 3.8) is 0 Å². The van der Waals surface area contributed by atoms with E-state index in [2.05, 4.69) is 81.4 Å². The van der Waals surface area contributed by atoms with Crippen LogP contribution in [0.25, 0.3) is 0 Å². The molecule has 206 valence electrons. The number of aliphatic carboxylic acids is 1. The smallest absolute Gasteiger partial charge is 0.430 e. The maximum Gasteiger partial charge on any atom is 0.430 e. The summed E-state index contributed by atoms with van der Waals surface area (Å²) in [5.74, 6) is -0.518. The van der Waals surface area contributed by atoms with Gasteiger partial charge in [-0.15, -0.1) is 0 Å². The second-order valence-corrected chi connectivity index (χ2v) is 9.97. The zero-order valence-electron chi connectivity index (χ0n) is 21.8. The van der Waals surface area contributed by atoms with Crippen LogP contribution in [-0.2, 0) is 15.7 Å². The van der Waals surface area contributed by atoms with Crippen molar-refractivity contribution in [3.8, 4) is 17.2 Å². The number of rotatable bonds is 12. The van der Waals surface area contributed by atoms with Gasteiger partial charge in [0.05, 0.1) is 19.8 Å². The highest BCUT2D eigenvalue weighted by atomic mass is 32.2. The van der Waals surface area contributed by atoms with E-state index in [1.54, 1.807) is 0 Å². The molecule has 0 radical (unpaired) electrons. The van der Waals surface area contributed by atoms with Gasteiger partial charge in [0.25, 0.3) is 0 Å². The Bertz CT molecular complexity index is 1040. The summed E-state index contributed by atoms with van der Waals surface area (Å²) in [7, 11) is -0.364. The minimum atomic E-state index is -5.19. The number of carbonyl (C=O) groups excluding carboxylic acids is 1. The third kappa shape index (κ3) is 9.52. The lowest BCUT2D eigenvalue weighted by molar-refractivity contribution is -0.344. The van der Waals surface area contributed by atoms with E-state index >= 15 is 0 Å². The first-order valence-electron chi connectivity index (χ1n) is 12.4. The average Bonchev–Trinajstić information content (AvgIpc) is 2.91. The van der Waals surface area contributed by atoms with Crippen LogP contribution in [0.4, 0.5) is 13.2 Å². The quantitative estimate of drug-likeness (QED) is 0.243. The molecule has 0 heterocycles. The average molecular weight is 551 g/mol. The van der Waals surface area contributed by atoms with E-state index in [9.17, 15) is 13.2 Å². The number of carbonyl (C=O) groups is 1. The Kier molecular flexibility index (Phi) is 12.9. The van der Waals surface area contributed by atoms with Crippen molar-refractivity contribution in [3.05, 3.63) is 72.8 Å². The fourth-order valence-electron chi connectivity index (χ4n) is 3.18. The van der Waals surface area contributed by atoms with Crippen LogP contribution < -0.4 is 19.3 Å². The summed E-state index contributed by atoms with van der Waals surface area (Å²) < 4.78 is 50.1. The highest BCUT2D eigenvalue weighted by molar-refractivity contribution is 7.97. The van der Waals surface area contributed by atoms with Gasteiger partial charge in [-0.3, -0.25) is 0 Å². The van der Waals surface area contributed by atoms with E-state index in [0.29, 0.717) is 19.8 Å². The number of alkyl halides is 3. The standard InChI is InChI=1S/C27H33O3S.C2HF3O2/c1-4-17-28-22-20-25(29-18-5-2)27(26(21-22)30-19-6-3)31(23-13-9-7-10-14-23)24-15-11-8-12-16-24;3-2(4,5)1(6)7/h7-16,20-21H,4-6,17-19H2,1-3H3;(H,6,7)/q+1;/p-1. The van der Waals surface area contributed by atoms with Crippen molar-refractivity contribution in [2.75, 3.05) is 19.8 Å². The van der Waals surface area contributed by atoms with Crippen molar-refractivity contribution < 1.29 is 37.3 Å². The number of carboxylic acid groups (broad SMARTS) is 1. The van der Waals surface area contributed by atoms with Crippen molar-refractivity contribution in [1.29, 1.82) is 0 Å². The number of hydrogen-bond acceptors (Lipinski definition) is 5. The number of carboxylic acids is 1. The fraction of sp³-hybridized carbons (Fsp3) is 0.345. The van der Waals surface area contributed by atoms with Crippen molar-refractivity contribution in [2.45, 2.75) is 60.9 Å². The van der Waals surface area contributed by atoms with Crippen LogP contribution >= 0.6 is 0 Å². The van der Waals surface area contributed by atoms with Gasteiger partial charge < -0.3 is 24.1 Å². The number of hydrogen-bond donors (Lipinski definition) is 0. The van der Waals surface area contributed by atoms with Crippen molar-refractivity contribution in [2.24, 2.45) is 0 Å². The molecule has 0 N–H and O–H groups in total. The van der Waals surface area contributed by atoms with E-state index in [4.69, 9.17) is 24.1 Å². The van der Waals surface area contributed by atoms with Gasteiger partial charge in [0.1, 0.15) is 22.6 Å². The Morgan fingerprint density at radius 1 is 0.737 bits per heavy atom. The molecular formula is C29H33F3O5S. The predicted molar refractivity (Wildman–Crippen MR) is 140 cm³/mol. The molecule has 5 nitrogen and oxygen atoms in total. The Labute approximate surface area is 224 Å². The predicted octanol–water partition coefficient (Wildman–Crippen LogP) is 6.45. The molecule has 3 aromatic rings. The zero-order chi connectivity index (χ0) is 28.0. The van der Waals surface area contributed by atoms with Crippen molar-refractivity contribution in [1.82, 2.24) is 0 Å². The molecule has 0 bridgehead atoms. The zero-order valence-corrected chi connectivity index (χ0v) is 22.6. The van der Waals surface area contributed by atoms with Crippen LogP contribution in [-0.4, -0.2) is 32.0 Å². The molecule has 0 unspecified atom stereocenters. The van der Waals surface area contributed by atoms with E-state index in [0.717, 1.165) is 41.4 Å². The lowest BCUT2D eigenvalue weighted by Crippen LogP contribution is -2.37. The lowest BCUT2D eigenvalue weighted by atomic mass is 10.3. The summed E-state index contributed by atoms with van der Waals surface area (Å²) in [4.78, 5) is 12.3. The molecule has 0 saturated carbocycles. The topological polar surface area (TPSA) is 67.8 Å². The molecule has 0 fully saturated rings. The van der Waals surface area contributed by atoms with E-state index < -0.39 is 12.1 Å². The number of ether oxygens (including phenoxy) is 3. The third-order valence-electron chi connectivity index (χ3n) is 4.78. The maximum absolute atomic E-state index is 10.5. The van der Waals surface area contributed by atoms with Gasteiger partial charge in [-0.2, -0.15) is 13.2 Å². The van der Waals surface area contributed by atoms with Gasteiger partial charge in [-0.05, 0) is 43.5 Å². The van der Waals surface area contributed by atoms with Crippen LogP contribution in [0.2, 0.25) is 0 Å². The molecule has 38 heavy (non-hydrogen) atoms. The summed E-state index contributed by atoms with van der Waals surface area (Å²) in [6.07, 6.45) is -2.36. The van der Waals surface area contributed by atoms with E-state index in [1.807, 2.05) is 12.1 Å².